The molecule has 110 valence electrons. The number of hydrogen-bond acceptors (Lipinski definition) is 4. The van der Waals surface area contributed by atoms with E-state index in [1.54, 1.807) is 6.07 Å². The number of nitrogens with one attached hydrogen (secondary N) is 2. The van der Waals surface area contributed by atoms with E-state index in [0.29, 0.717) is 10.8 Å². The number of hydrogen-bond donors (Lipinski definition) is 2. The molecule has 0 saturated carbocycles. The van der Waals surface area contributed by atoms with Crippen LogP contribution in [0.1, 0.15) is 45.6 Å². The van der Waals surface area contributed by atoms with Crippen molar-refractivity contribution in [3.05, 3.63) is 17.0 Å². The first-order valence-electron chi connectivity index (χ1n) is 6.80. The van der Waals surface area contributed by atoms with Crippen molar-refractivity contribution in [2.45, 2.75) is 56.8 Å². The molecule has 0 spiro atoms. The molecule has 1 aromatic heterocycles. The van der Waals surface area contributed by atoms with Crippen molar-refractivity contribution in [3.8, 4) is 0 Å². The lowest BCUT2D eigenvalue weighted by Crippen LogP contribution is -2.32. The first-order valence-corrected chi connectivity index (χ1v) is 9.16. The van der Waals surface area contributed by atoms with Crippen LogP contribution in [0.15, 0.2) is 15.7 Å². The van der Waals surface area contributed by atoms with Crippen molar-refractivity contribution in [3.63, 3.8) is 0 Å². The Morgan fingerprint density at radius 1 is 1.37 bits per heavy atom. The summed E-state index contributed by atoms with van der Waals surface area (Å²) in [5, 5.41) is 5.09. The minimum Gasteiger partial charge on any atom is -0.313 e. The lowest BCUT2D eigenvalue weighted by atomic mass is 10.2. The molecule has 0 aliphatic heterocycles. The average molecular weight is 304 g/mol. The molecule has 1 rings (SSSR count). The van der Waals surface area contributed by atoms with Crippen LogP contribution in [0.25, 0.3) is 0 Å². The summed E-state index contributed by atoms with van der Waals surface area (Å²) in [4.78, 5) is 0. The average Bonchev–Trinajstić information content (AvgIpc) is 2.83. The van der Waals surface area contributed by atoms with Crippen LogP contribution in [0.3, 0.4) is 0 Å². The van der Waals surface area contributed by atoms with Crippen LogP contribution in [0.4, 0.5) is 0 Å². The minimum absolute atomic E-state index is 0.00994. The van der Waals surface area contributed by atoms with Crippen molar-refractivity contribution >= 4 is 21.4 Å². The molecule has 0 fully saturated rings. The monoisotopic (exact) mass is 304 g/mol. The third kappa shape index (κ3) is 5.60. The van der Waals surface area contributed by atoms with Gasteiger partial charge in [-0.1, -0.05) is 26.7 Å². The second-order valence-electron chi connectivity index (χ2n) is 4.72. The zero-order valence-electron chi connectivity index (χ0n) is 11.9. The van der Waals surface area contributed by atoms with E-state index in [4.69, 9.17) is 0 Å². The molecular weight excluding hydrogens is 280 g/mol. The predicted molar refractivity (Wildman–Crippen MR) is 81.0 cm³/mol. The maximum Gasteiger partial charge on any atom is 0.250 e. The highest BCUT2D eigenvalue weighted by Gasteiger charge is 2.19. The Bertz CT molecular complexity index is 469. The Balaban J connectivity index is 2.63. The van der Waals surface area contributed by atoms with E-state index in [1.165, 1.54) is 11.3 Å². The molecule has 0 radical (unpaired) electrons. The molecule has 0 aliphatic rings. The van der Waals surface area contributed by atoms with Crippen molar-refractivity contribution < 1.29 is 8.42 Å². The Labute approximate surface area is 120 Å². The van der Waals surface area contributed by atoms with E-state index < -0.39 is 10.0 Å². The molecule has 2 N–H and O–H groups in total. The molecule has 0 amide bonds. The summed E-state index contributed by atoms with van der Waals surface area (Å²) < 4.78 is 27.5. The highest BCUT2D eigenvalue weighted by Crippen LogP contribution is 2.20. The fraction of sp³-hybridized carbons (Fsp3) is 0.692. The van der Waals surface area contributed by atoms with Crippen LogP contribution in [0.2, 0.25) is 0 Å². The molecule has 1 heterocycles. The minimum atomic E-state index is -3.35. The van der Waals surface area contributed by atoms with Gasteiger partial charge in [-0.05, 0) is 36.9 Å². The largest absolute Gasteiger partial charge is 0.313 e. The topological polar surface area (TPSA) is 58.2 Å². The van der Waals surface area contributed by atoms with E-state index in [2.05, 4.69) is 17.0 Å². The summed E-state index contributed by atoms with van der Waals surface area (Å²) in [6.45, 7) is 7.65. The smallest absolute Gasteiger partial charge is 0.250 e. The molecule has 0 aromatic carbocycles. The van der Waals surface area contributed by atoms with Gasteiger partial charge in [0.15, 0.2) is 0 Å². The quantitative estimate of drug-likeness (QED) is 0.737. The fourth-order valence-corrected chi connectivity index (χ4v) is 4.25. The van der Waals surface area contributed by atoms with E-state index in [1.807, 2.05) is 19.2 Å². The van der Waals surface area contributed by atoms with Crippen molar-refractivity contribution in [2.75, 3.05) is 6.54 Å². The maximum absolute atomic E-state index is 12.2. The molecule has 0 bridgehead atoms. The summed E-state index contributed by atoms with van der Waals surface area (Å²) in [7, 11) is -3.35. The number of thiophene rings is 1. The highest BCUT2D eigenvalue weighted by atomic mass is 32.2. The van der Waals surface area contributed by atoms with Gasteiger partial charge in [-0.15, -0.1) is 11.3 Å². The SMILES string of the molecule is CCCCC(C)NS(=O)(=O)c1cc(CNCC)cs1. The van der Waals surface area contributed by atoms with Gasteiger partial charge in [0.2, 0.25) is 10.0 Å². The summed E-state index contributed by atoms with van der Waals surface area (Å²) in [5.74, 6) is 0. The number of sulfonamides is 1. The van der Waals surface area contributed by atoms with Crippen LogP contribution < -0.4 is 10.0 Å². The maximum atomic E-state index is 12.2. The second kappa shape index (κ2) is 7.99. The van der Waals surface area contributed by atoms with Gasteiger partial charge >= 0.3 is 0 Å². The normalized spacial score (nSPS) is 13.6. The Morgan fingerprint density at radius 2 is 2.11 bits per heavy atom. The molecule has 1 unspecified atom stereocenters. The standard InChI is InChI=1S/C13H24N2O2S2/c1-4-6-7-11(3)15-19(16,17)13-8-12(10-18-13)9-14-5-2/h8,10-11,14-15H,4-7,9H2,1-3H3. The molecule has 19 heavy (non-hydrogen) atoms. The number of unbranched alkanes of at least 4 members (excludes halogenated alkanes) is 1. The summed E-state index contributed by atoms with van der Waals surface area (Å²) in [6, 6.07) is 1.74. The van der Waals surface area contributed by atoms with Gasteiger partial charge in [0.1, 0.15) is 4.21 Å². The Kier molecular flexibility index (Phi) is 6.99. The zero-order valence-corrected chi connectivity index (χ0v) is 13.5. The zero-order chi connectivity index (χ0) is 14.3. The fourth-order valence-electron chi connectivity index (χ4n) is 1.75. The first-order chi connectivity index (χ1) is 8.99. The van der Waals surface area contributed by atoms with Gasteiger partial charge in [-0.25, -0.2) is 13.1 Å². The van der Waals surface area contributed by atoms with Gasteiger partial charge in [0, 0.05) is 12.6 Å². The van der Waals surface area contributed by atoms with Gasteiger partial charge in [-0.3, -0.25) is 0 Å². The first kappa shape index (κ1) is 16.6. The Morgan fingerprint density at radius 3 is 2.74 bits per heavy atom. The Hall–Kier alpha value is -0.430. The third-order valence-corrected chi connectivity index (χ3v) is 5.90. The van der Waals surface area contributed by atoms with Crippen LogP contribution in [0, 0.1) is 0 Å². The van der Waals surface area contributed by atoms with Crippen LogP contribution in [-0.2, 0) is 16.6 Å². The summed E-state index contributed by atoms with van der Waals surface area (Å²) in [6.07, 6.45) is 3.00. The van der Waals surface area contributed by atoms with E-state index in [9.17, 15) is 8.42 Å². The van der Waals surface area contributed by atoms with Crippen molar-refractivity contribution in [1.29, 1.82) is 0 Å². The van der Waals surface area contributed by atoms with E-state index in [0.717, 1.165) is 31.4 Å². The summed E-state index contributed by atoms with van der Waals surface area (Å²) >= 11 is 1.28. The molecule has 0 aliphatic carbocycles. The molecule has 1 atom stereocenters. The van der Waals surface area contributed by atoms with Gasteiger partial charge in [0.05, 0.1) is 0 Å². The third-order valence-electron chi connectivity index (χ3n) is 2.82. The number of rotatable bonds is 9. The van der Waals surface area contributed by atoms with E-state index >= 15 is 0 Å². The molecule has 0 saturated heterocycles. The molecule has 1 aromatic rings. The highest BCUT2D eigenvalue weighted by molar-refractivity contribution is 7.91. The van der Waals surface area contributed by atoms with Crippen molar-refractivity contribution in [2.24, 2.45) is 0 Å². The van der Waals surface area contributed by atoms with Crippen LogP contribution >= 0.6 is 11.3 Å². The molecular formula is C13H24N2O2S2. The second-order valence-corrected chi connectivity index (χ2v) is 7.57. The summed E-state index contributed by atoms with van der Waals surface area (Å²) in [5.41, 5.74) is 1.02. The van der Waals surface area contributed by atoms with Crippen molar-refractivity contribution in [1.82, 2.24) is 10.0 Å². The lowest BCUT2D eigenvalue weighted by molar-refractivity contribution is 0.535. The van der Waals surface area contributed by atoms with E-state index in [-0.39, 0.29) is 6.04 Å². The van der Waals surface area contributed by atoms with Gasteiger partial charge < -0.3 is 5.32 Å². The van der Waals surface area contributed by atoms with Crippen LogP contribution in [-0.4, -0.2) is 21.0 Å². The van der Waals surface area contributed by atoms with Crippen LogP contribution in [0.5, 0.6) is 0 Å². The molecule has 4 nitrogen and oxygen atoms in total. The van der Waals surface area contributed by atoms with Gasteiger partial charge in [0.25, 0.3) is 0 Å². The molecule has 6 heteroatoms. The predicted octanol–water partition coefficient (Wildman–Crippen LogP) is 2.71. The van der Waals surface area contributed by atoms with Gasteiger partial charge in [-0.2, -0.15) is 0 Å². The lowest BCUT2D eigenvalue weighted by Gasteiger charge is -2.12.